The Kier molecular flexibility index (Phi) is 6.59. The number of nitrogens with zero attached hydrogens (tertiary/aromatic N) is 2. The highest BCUT2D eigenvalue weighted by molar-refractivity contribution is 5.88. The number of hydrogen-bond acceptors (Lipinski definition) is 3. The summed E-state index contributed by atoms with van der Waals surface area (Å²) in [5.41, 5.74) is -0.0931. The summed E-state index contributed by atoms with van der Waals surface area (Å²) in [4.78, 5) is 39.9. The van der Waals surface area contributed by atoms with Crippen LogP contribution in [-0.4, -0.2) is 59.7 Å². The molecule has 23 heavy (non-hydrogen) atoms. The molecule has 1 unspecified atom stereocenters. The van der Waals surface area contributed by atoms with E-state index in [1.54, 1.807) is 9.80 Å². The maximum Gasteiger partial charge on any atom is 0.244 e. The monoisotopic (exact) mass is 325 g/mol. The van der Waals surface area contributed by atoms with Gasteiger partial charge >= 0.3 is 0 Å². The SMILES string of the molecule is CC(=O)N1CCN(C(=O)CC(C)(C)C)CC1C(=O)NCC(C)C. The van der Waals surface area contributed by atoms with E-state index in [1.807, 2.05) is 34.6 Å². The molecule has 3 amide bonds. The first-order valence-corrected chi connectivity index (χ1v) is 8.34. The van der Waals surface area contributed by atoms with Gasteiger partial charge in [-0.25, -0.2) is 0 Å². The third-order valence-electron chi connectivity index (χ3n) is 3.81. The molecule has 0 aromatic rings. The third-order valence-corrected chi connectivity index (χ3v) is 3.81. The van der Waals surface area contributed by atoms with Gasteiger partial charge in [0.15, 0.2) is 0 Å². The van der Waals surface area contributed by atoms with Crippen LogP contribution in [0.25, 0.3) is 0 Å². The van der Waals surface area contributed by atoms with Gasteiger partial charge in [-0.05, 0) is 11.3 Å². The van der Waals surface area contributed by atoms with E-state index in [9.17, 15) is 14.4 Å². The van der Waals surface area contributed by atoms with Crippen molar-refractivity contribution in [1.82, 2.24) is 15.1 Å². The number of amides is 3. The molecule has 0 spiro atoms. The smallest absolute Gasteiger partial charge is 0.244 e. The lowest BCUT2D eigenvalue weighted by atomic mass is 9.91. The highest BCUT2D eigenvalue weighted by atomic mass is 16.2. The Balaban J connectivity index is 2.78. The number of nitrogens with one attached hydrogen (secondary N) is 1. The van der Waals surface area contributed by atoms with Crippen molar-refractivity contribution in [2.75, 3.05) is 26.2 Å². The fourth-order valence-corrected chi connectivity index (χ4v) is 2.60. The Bertz CT molecular complexity index is 454. The maximum atomic E-state index is 12.4. The third kappa shape index (κ3) is 6.20. The summed E-state index contributed by atoms with van der Waals surface area (Å²) in [5, 5.41) is 2.87. The van der Waals surface area contributed by atoms with E-state index >= 15 is 0 Å². The van der Waals surface area contributed by atoms with Crippen molar-refractivity contribution in [2.24, 2.45) is 11.3 Å². The topological polar surface area (TPSA) is 69.7 Å². The van der Waals surface area contributed by atoms with Gasteiger partial charge in [0.2, 0.25) is 17.7 Å². The Morgan fingerprint density at radius 1 is 1.17 bits per heavy atom. The molecule has 0 aromatic carbocycles. The lowest BCUT2D eigenvalue weighted by Gasteiger charge is -2.40. The summed E-state index contributed by atoms with van der Waals surface area (Å²) in [6.07, 6.45) is 0.438. The van der Waals surface area contributed by atoms with Crippen molar-refractivity contribution < 1.29 is 14.4 Å². The zero-order valence-electron chi connectivity index (χ0n) is 15.3. The Hall–Kier alpha value is -1.59. The van der Waals surface area contributed by atoms with Crippen LogP contribution in [0.15, 0.2) is 0 Å². The van der Waals surface area contributed by atoms with E-state index in [4.69, 9.17) is 0 Å². The van der Waals surface area contributed by atoms with E-state index in [0.29, 0.717) is 32.0 Å². The average molecular weight is 325 g/mol. The molecule has 6 heteroatoms. The van der Waals surface area contributed by atoms with Crippen LogP contribution in [0.1, 0.15) is 48.0 Å². The van der Waals surface area contributed by atoms with Gasteiger partial charge in [0.05, 0.1) is 6.54 Å². The number of piperazine rings is 1. The van der Waals surface area contributed by atoms with Gasteiger partial charge in [-0.2, -0.15) is 0 Å². The number of carbonyl (C=O) groups excluding carboxylic acids is 3. The van der Waals surface area contributed by atoms with Gasteiger partial charge in [0.25, 0.3) is 0 Å². The summed E-state index contributed by atoms with van der Waals surface area (Å²) in [7, 11) is 0. The predicted octanol–water partition coefficient (Wildman–Crippen LogP) is 1.25. The van der Waals surface area contributed by atoms with Crippen LogP contribution in [-0.2, 0) is 14.4 Å². The zero-order valence-corrected chi connectivity index (χ0v) is 15.3. The van der Waals surface area contributed by atoms with Crippen LogP contribution >= 0.6 is 0 Å². The molecule has 0 bridgehead atoms. The van der Waals surface area contributed by atoms with Gasteiger partial charge in [-0.3, -0.25) is 14.4 Å². The van der Waals surface area contributed by atoms with Gasteiger partial charge in [0.1, 0.15) is 6.04 Å². The Morgan fingerprint density at radius 2 is 1.78 bits per heavy atom. The summed E-state index contributed by atoms with van der Waals surface area (Å²) in [6.45, 7) is 13.3. The van der Waals surface area contributed by atoms with Gasteiger partial charge in [-0.15, -0.1) is 0 Å². The van der Waals surface area contributed by atoms with Crippen molar-refractivity contribution in [3.63, 3.8) is 0 Å². The minimum atomic E-state index is -0.594. The van der Waals surface area contributed by atoms with Crippen molar-refractivity contribution in [1.29, 1.82) is 0 Å². The first-order chi connectivity index (χ1) is 10.5. The largest absolute Gasteiger partial charge is 0.354 e. The molecular weight excluding hydrogens is 294 g/mol. The minimum absolute atomic E-state index is 0.0439. The quantitative estimate of drug-likeness (QED) is 0.846. The number of rotatable bonds is 4. The van der Waals surface area contributed by atoms with Crippen LogP contribution in [0, 0.1) is 11.3 Å². The molecule has 1 heterocycles. The standard InChI is InChI=1S/C17H31N3O3/c1-12(2)10-18-16(23)14-11-19(7-8-20(14)13(3)21)15(22)9-17(4,5)6/h12,14H,7-11H2,1-6H3,(H,18,23). The molecule has 1 aliphatic heterocycles. The van der Waals surface area contributed by atoms with E-state index in [0.717, 1.165) is 0 Å². The molecule has 6 nitrogen and oxygen atoms in total. The summed E-state index contributed by atoms with van der Waals surface area (Å²) in [5.74, 6) is 0.0779. The molecule has 132 valence electrons. The maximum absolute atomic E-state index is 12.4. The molecular formula is C17H31N3O3. The van der Waals surface area contributed by atoms with Gasteiger partial charge < -0.3 is 15.1 Å². The highest BCUT2D eigenvalue weighted by Gasteiger charge is 2.36. The van der Waals surface area contributed by atoms with E-state index in [1.165, 1.54) is 6.92 Å². The van der Waals surface area contributed by atoms with Gasteiger partial charge in [-0.1, -0.05) is 34.6 Å². The molecule has 0 aromatic heterocycles. The van der Waals surface area contributed by atoms with Crippen LogP contribution < -0.4 is 5.32 Å². The summed E-state index contributed by atoms with van der Waals surface area (Å²) in [6, 6.07) is -0.594. The first kappa shape index (κ1) is 19.5. The molecule has 0 aliphatic carbocycles. The number of hydrogen-bond donors (Lipinski definition) is 1. The lowest BCUT2D eigenvalue weighted by Crippen LogP contribution is -2.61. The van der Waals surface area contributed by atoms with Crippen molar-refractivity contribution >= 4 is 17.7 Å². The van der Waals surface area contributed by atoms with Crippen LogP contribution in [0.3, 0.4) is 0 Å². The van der Waals surface area contributed by atoms with Crippen LogP contribution in [0.4, 0.5) is 0 Å². The number of carbonyl (C=O) groups is 3. The molecule has 1 rings (SSSR count). The molecule has 1 N–H and O–H groups in total. The van der Waals surface area contributed by atoms with Crippen molar-refractivity contribution in [3.8, 4) is 0 Å². The molecule has 1 aliphatic rings. The molecule has 1 saturated heterocycles. The average Bonchev–Trinajstić information content (AvgIpc) is 2.42. The second-order valence-corrected chi connectivity index (χ2v) is 7.94. The van der Waals surface area contributed by atoms with Crippen molar-refractivity contribution in [3.05, 3.63) is 0 Å². The fraction of sp³-hybridized carbons (Fsp3) is 0.824. The second kappa shape index (κ2) is 7.79. The molecule has 1 fully saturated rings. The molecule has 0 saturated carbocycles. The Morgan fingerprint density at radius 3 is 2.26 bits per heavy atom. The highest BCUT2D eigenvalue weighted by Crippen LogP contribution is 2.21. The van der Waals surface area contributed by atoms with E-state index in [2.05, 4.69) is 5.32 Å². The van der Waals surface area contributed by atoms with Gasteiger partial charge in [0, 0.05) is 33.0 Å². The van der Waals surface area contributed by atoms with Crippen LogP contribution in [0.2, 0.25) is 0 Å². The normalized spacial score (nSPS) is 19.0. The second-order valence-electron chi connectivity index (χ2n) is 7.94. The Labute approximate surface area is 139 Å². The fourth-order valence-electron chi connectivity index (χ4n) is 2.60. The first-order valence-electron chi connectivity index (χ1n) is 8.34. The van der Waals surface area contributed by atoms with E-state index < -0.39 is 6.04 Å². The van der Waals surface area contributed by atoms with E-state index in [-0.39, 0.29) is 29.7 Å². The van der Waals surface area contributed by atoms with Crippen LogP contribution in [0.5, 0.6) is 0 Å². The summed E-state index contributed by atoms with van der Waals surface area (Å²) < 4.78 is 0. The minimum Gasteiger partial charge on any atom is -0.354 e. The zero-order chi connectivity index (χ0) is 17.8. The lowest BCUT2D eigenvalue weighted by molar-refractivity contribution is -0.148. The van der Waals surface area contributed by atoms with Crippen molar-refractivity contribution in [2.45, 2.75) is 54.0 Å². The molecule has 1 atom stereocenters. The summed E-state index contributed by atoms with van der Waals surface area (Å²) >= 11 is 0. The predicted molar refractivity (Wildman–Crippen MR) is 89.7 cm³/mol. The molecule has 0 radical (unpaired) electrons.